The van der Waals surface area contributed by atoms with Gasteiger partial charge in [-0.05, 0) is 35.1 Å². The van der Waals surface area contributed by atoms with E-state index in [1.165, 1.54) is 22.3 Å². The quantitative estimate of drug-likeness (QED) is 0.928. The van der Waals surface area contributed by atoms with E-state index in [4.69, 9.17) is 10.5 Å². The Hall–Kier alpha value is -1.64. The van der Waals surface area contributed by atoms with Crippen molar-refractivity contribution in [1.82, 2.24) is 0 Å². The van der Waals surface area contributed by atoms with Crippen LogP contribution in [0.25, 0.3) is 0 Å². The average Bonchev–Trinajstić information content (AvgIpc) is 2.64. The van der Waals surface area contributed by atoms with E-state index >= 15 is 0 Å². The van der Waals surface area contributed by atoms with Gasteiger partial charge in [-0.25, -0.2) is 0 Å². The number of hydrogen-bond donors (Lipinski definition) is 1. The highest BCUT2D eigenvalue weighted by Crippen LogP contribution is 2.39. The fourth-order valence-corrected chi connectivity index (χ4v) is 3.51. The largest absolute Gasteiger partial charge is 0.383 e. The lowest BCUT2D eigenvalue weighted by Gasteiger charge is -2.34. The molecular formula is C18H21NO. The predicted molar refractivity (Wildman–Crippen MR) is 82.0 cm³/mol. The van der Waals surface area contributed by atoms with Gasteiger partial charge in [-0.2, -0.15) is 0 Å². The second-order valence-corrected chi connectivity index (χ2v) is 5.53. The van der Waals surface area contributed by atoms with Gasteiger partial charge in [0.15, 0.2) is 0 Å². The van der Waals surface area contributed by atoms with Gasteiger partial charge >= 0.3 is 0 Å². The Balaban J connectivity index is 2.28. The molecule has 0 atom stereocenters. The Kier molecular flexibility index (Phi) is 3.60. The second kappa shape index (κ2) is 5.39. The molecule has 0 amide bonds. The molecule has 2 aromatic rings. The minimum Gasteiger partial charge on any atom is -0.383 e. The number of ether oxygens (including phenoxy) is 1. The van der Waals surface area contributed by atoms with E-state index < -0.39 is 0 Å². The normalized spacial score (nSPS) is 16.1. The van der Waals surface area contributed by atoms with Crippen LogP contribution in [0.2, 0.25) is 0 Å². The van der Waals surface area contributed by atoms with E-state index in [1.54, 1.807) is 7.11 Å². The third-order valence-corrected chi connectivity index (χ3v) is 4.47. The van der Waals surface area contributed by atoms with E-state index in [9.17, 15) is 0 Å². The Morgan fingerprint density at radius 3 is 1.90 bits per heavy atom. The molecule has 0 spiro atoms. The highest BCUT2D eigenvalue weighted by molar-refractivity contribution is 5.50. The Labute approximate surface area is 120 Å². The van der Waals surface area contributed by atoms with E-state index in [-0.39, 0.29) is 5.41 Å². The van der Waals surface area contributed by atoms with Crippen molar-refractivity contribution in [3.8, 4) is 0 Å². The average molecular weight is 267 g/mol. The molecule has 1 aliphatic rings. The van der Waals surface area contributed by atoms with Crippen LogP contribution in [0.1, 0.15) is 22.3 Å². The van der Waals surface area contributed by atoms with E-state index in [0.717, 1.165) is 12.8 Å². The maximum Gasteiger partial charge on any atom is 0.0612 e. The summed E-state index contributed by atoms with van der Waals surface area (Å²) in [5.41, 5.74) is 11.5. The van der Waals surface area contributed by atoms with Crippen LogP contribution in [-0.2, 0) is 23.0 Å². The van der Waals surface area contributed by atoms with Gasteiger partial charge in [-0.1, -0.05) is 48.5 Å². The maximum absolute atomic E-state index is 6.24. The first-order valence-electron chi connectivity index (χ1n) is 7.17. The molecule has 3 rings (SSSR count). The van der Waals surface area contributed by atoms with Crippen molar-refractivity contribution in [2.75, 3.05) is 20.3 Å². The third-order valence-electron chi connectivity index (χ3n) is 4.47. The van der Waals surface area contributed by atoms with E-state index in [1.807, 2.05) is 0 Å². The van der Waals surface area contributed by atoms with Gasteiger partial charge in [0.2, 0.25) is 0 Å². The molecule has 20 heavy (non-hydrogen) atoms. The highest BCUT2D eigenvalue weighted by atomic mass is 16.5. The van der Waals surface area contributed by atoms with Crippen molar-refractivity contribution in [2.45, 2.75) is 18.3 Å². The minimum absolute atomic E-state index is 0.224. The van der Waals surface area contributed by atoms with Gasteiger partial charge in [-0.15, -0.1) is 0 Å². The number of rotatable bonds is 3. The molecule has 0 aromatic heterocycles. The summed E-state index contributed by atoms with van der Waals surface area (Å²) in [6, 6.07) is 17.3. The second-order valence-electron chi connectivity index (χ2n) is 5.53. The Bertz CT molecular complexity index is 558. The van der Waals surface area contributed by atoms with E-state index in [2.05, 4.69) is 48.5 Å². The number of nitrogens with two attached hydrogens (primary N) is 1. The fourth-order valence-electron chi connectivity index (χ4n) is 3.51. The molecule has 2 N–H and O–H groups in total. The number of hydrogen-bond acceptors (Lipinski definition) is 2. The van der Waals surface area contributed by atoms with Gasteiger partial charge in [0.1, 0.15) is 0 Å². The van der Waals surface area contributed by atoms with Crippen molar-refractivity contribution in [3.63, 3.8) is 0 Å². The van der Waals surface area contributed by atoms with Crippen LogP contribution in [-0.4, -0.2) is 20.3 Å². The highest BCUT2D eigenvalue weighted by Gasteiger charge is 2.37. The molecule has 1 aliphatic carbocycles. The predicted octanol–water partition coefficient (Wildman–Crippen LogP) is 2.68. The molecule has 0 saturated heterocycles. The zero-order valence-corrected chi connectivity index (χ0v) is 11.9. The molecule has 0 aliphatic heterocycles. The van der Waals surface area contributed by atoms with Gasteiger partial charge < -0.3 is 10.5 Å². The molecule has 0 saturated carbocycles. The summed E-state index contributed by atoms with van der Waals surface area (Å²) in [5, 5.41) is 0. The summed E-state index contributed by atoms with van der Waals surface area (Å²) in [4.78, 5) is 0. The number of benzene rings is 2. The van der Waals surface area contributed by atoms with Crippen LogP contribution in [0.5, 0.6) is 0 Å². The summed E-state index contributed by atoms with van der Waals surface area (Å²) in [7, 11) is 1.76. The summed E-state index contributed by atoms with van der Waals surface area (Å²) >= 11 is 0. The van der Waals surface area contributed by atoms with Gasteiger partial charge in [-0.3, -0.25) is 0 Å². The van der Waals surface area contributed by atoms with Crippen molar-refractivity contribution in [2.24, 2.45) is 5.73 Å². The lowest BCUT2D eigenvalue weighted by atomic mass is 9.73. The smallest absolute Gasteiger partial charge is 0.0612 e. The van der Waals surface area contributed by atoms with Crippen molar-refractivity contribution >= 4 is 0 Å². The third kappa shape index (κ3) is 1.96. The lowest BCUT2D eigenvalue weighted by molar-refractivity contribution is 0.150. The Morgan fingerprint density at radius 1 is 0.950 bits per heavy atom. The summed E-state index contributed by atoms with van der Waals surface area (Å²) in [6.45, 7) is 1.19. The summed E-state index contributed by atoms with van der Waals surface area (Å²) in [6.07, 6.45) is 2.14. The maximum atomic E-state index is 6.24. The molecule has 0 unspecified atom stereocenters. The first-order valence-corrected chi connectivity index (χ1v) is 7.17. The van der Waals surface area contributed by atoms with Gasteiger partial charge in [0.25, 0.3) is 0 Å². The van der Waals surface area contributed by atoms with Crippen LogP contribution < -0.4 is 5.73 Å². The first-order chi connectivity index (χ1) is 9.81. The van der Waals surface area contributed by atoms with Gasteiger partial charge in [0.05, 0.1) is 12.0 Å². The van der Waals surface area contributed by atoms with Crippen molar-refractivity contribution in [1.29, 1.82) is 0 Å². The SMILES string of the molecule is COCC1(CN)c2ccccc2CCc2ccccc21. The molecule has 0 fully saturated rings. The Morgan fingerprint density at radius 2 is 1.45 bits per heavy atom. The minimum atomic E-state index is -0.224. The topological polar surface area (TPSA) is 35.2 Å². The van der Waals surface area contributed by atoms with Crippen LogP contribution >= 0.6 is 0 Å². The molecule has 2 heteroatoms. The number of methoxy groups -OCH3 is 1. The molecule has 0 heterocycles. The van der Waals surface area contributed by atoms with Crippen LogP contribution in [0.3, 0.4) is 0 Å². The summed E-state index contributed by atoms with van der Waals surface area (Å²) in [5.74, 6) is 0. The molecular weight excluding hydrogens is 246 g/mol. The fraction of sp³-hybridized carbons (Fsp3) is 0.333. The molecule has 2 nitrogen and oxygen atoms in total. The number of aryl methyl sites for hydroxylation is 2. The van der Waals surface area contributed by atoms with Gasteiger partial charge in [0, 0.05) is 13.7 Å². The zero-order valence-electron chi connectivity index (χ0n) is 11.9. The van der Waals surface area contributed by atoms with Crippen LogP contribution in [0.15, 0.2) is 48.5 Å². The van der Waals surface area contributed by atoms with E-state index in [0.29, 0.717) is 13.2 Å². The molecule has 0 bridgehead atoms. The molecule has 104 valence electrons. The zero-order chi connectivity index (χ0) is 14.0. The standard InChI is InChI=1S/C18H21NO/c1-20-13-18(12-19)16-8-4-2-6-14(16)10-11-15-7-3-5-9-17(15)18/h2-9H,10-13,19H2,1H3. The lowest BCUT2D eigenvalue weighted by Crippen LogP contribution is -2.41. The first kappa shape index (κ1) is 13.3. The van der Waals surface area contributed by atoms with Crippen molar-refractivity contribution in [3.05, 3.63) is 70.8 Å². The number of fused-ring (bicyclic) bond motifs is 2. The van der Waals surface area contributed by atoms with Crippen LogP contribution in [0.4, 0.5) is 0 Å². The molecule has 2 aromatic carbocycles. The van der Waals surface area contributed by atoms with Crippen molar-refractivity contribution < 1.29 is 4.74 Å². The monoisotopic (exact) mass is 267 g/mol. The summed E-state index contributed by atoms with van der Waals surface area (Å²) < 4.78 is 5.56. The molecule has 0 radical (unpaired) electrons. The van der Waals surface area contributed by atoms with Crippen LogP contribution in [0, 0.1) is 0 Å².